The van der Waals surface area contributed by atoms with Crippen LogP contribution in [0, 0.1) is 0 Å². The average molecular weight is 294 g/mol. The Labute approximate surface area is 124 Å². The van der Waals surface area contributed by atoms with E-state index in [0.717, 1.165) is 25.9 Å². The van der Waals surface area contributed by atoms with Gasteiger partial charge in [-0.1, -0.05) is 12.1 Å². The van der Waals surface area contributed by atoms with Crippen LogP contribution >= 0.6 is 0 Å². The number of nitrogens with one attached hydrogen (secondary N) is 1. The topological polar surface area (TPSA) is 93.8 Å². The summed E-state index contributed by atoms with van der Waals surface area (Å²) in [6.07, 6.45) is 2.11. The van der Waals surface area contributed by atoms with Gasteiger partial charge in [0.2, 0.25) is 0 Å². The SMILES string of the molecule is COc1c(OC2CCCNC2)cccc1C(CN)C(=O)O. The van der Waals surface area contributed by atoms with Crippen LogP contribution in [0.1, 0.15) is 24.3 Å². The summed E-state index contributed by atoms with van der Waals surface area (Å²) in [6, 6.07) is 5.29. The molecule has 0 saturated carbocycles. The molecular weight excluding hydrogens is 272 g/mol. The van der Waals surface area contributed by atoms with Crippen LogP contribution in [-0.4, -0.2) is 43.9 Å². The number of carboxylic acid groups (broad SMARTS) is 1. The van der Waals surface area contributed by atoms with Crippen molar-refractivity contribution in [2.45, 2.75) is 24.9 Å². The molecule has 1 saturated heterocycles. The summed E-state index contributed by atoms with van der Waals surface area (Å²) in [5.41, 5.74) is 6.13. The largest absolute Gasteiger partial charge is 0.493 e. The fourth-order valence-electron chi connectivity index (χ4n) is 2.58. The van der Waals surface area contributed by atoms with Crippen LogP contribution in [0.5, 0.6) is 11.5 Å². The highest BCUT2D eigenvalue weighted by Gasteiger charge is 2.25. The molecule has 1 aromatic carbocycles. The van der Waals surface area contributed by atoms with Crippen molar-refractivity contribution >= 4 is 5.97 Å². The molecule has 4 N–H and O–H groups in total. The number of methoxy groups -OCH3 is 1. The number of hydrogen-bond acceptors (Lipinski definition) is 5. The van der Waals surface area contributed by atoms with Gasteiger partial charge in [0.25, 0.3) is 0 Å². The van der Waals surface area contributed by atoms with E-state index >= 15 is 0 Å². The Morgan fingerprint density at radius 3 is 2.95 bits per heavy atom. The van der Waals surface area contributed by atoms with E-state index in [4.69, 9.17) is 15.2 Å². The van der Waals surface area contributed by atoms with Crippen molar-refractivity contribution in [3.05, 3.63) is 23.8 Å². The third kappa shape index (κ3) is 3.65. The first-order valence-corrected chi connectivity index (χ1v) is 7.14. The highest BCUT2D eigenvalue weighted by molar-refractivity contribution is 5.78. The van der Waals surface area contributed by atoms with Gasteiger partial charge in [0.15, 0.2) is 11.5 Å². The third-order valence-electron chi connectivity index (χ3n) is 3.67. The van der Waals surface area contributed by atoms with E-state index in [9.17, 15) is 9.90 Å². The first kappa shape index (κ1) is 15.6. The molecule has 116 valence electrons. The lowest BCUT2D eigenvalue weighted by Crippen LogP contribution is -2.37. The molecule has 2 rings (SSSR count). The third-order valence-corrected chi connectivity index (χ3v) is 3.67. The summed E-state index contributed by atoms with van der Waals surface area (Å²) >= 11 is 0. The molecule has 21 heavy (non-hydrogen) atoms. The van der Waals surface area contributed by atoms with Gasteiger partial charge in [-0.05, 0) is 25.5 Å². The molecule has 0 radical (unpaired) electrons. The summed E-state index contributed by atoms with van der Waals surface area (Å²) in [5, 5.41) is 12.6. The second-order valence-corrected chi connectivity index (χ2v) is 5.09. The van der Waals surface area contributed by atoms with Crippen LogP contribution < -0.4 is 20.5 Å². The highest BCUT2D eigenvalue weighted by Crippen LogP contribution is 2.36. The van der Waals surface area contributed by atoms with Crippen LogP contribution in [-0.2, 0) is 4.79 Å². The number of nitrogens with two attached hydrogens (primary N) is 1. The van der Waals surface area contributed by atoms with Crippen LogP contribution in [0.4, 0.5) is 0 Å². The van der Waals surface area contributed by atoms with E-state index in [1.807, 2.05) is 0 Å². The molecular formula is C15H22N2O4. The maximum Gasteiger partial charge on any atom is 0.312 e. The summed E-state index contributed by atoms with van der Waals surface area (Å²) in [6.45, 7) is 1.80. The minimum absolute atomic E-state index is 0.0140. The molecule has 0 bridgehead atoms. The standard InChI is InChI=1S/C15H22N2O4/c1-20-14-11(12(8-16)15(18)19)5-2-6-13(14)21-10-4-3-7-17-9-10/h2,5-6,10,12,17H,3-4,7-9,16H2,1H3,(H,18,19). The Kier molecular flexibility index (Phi) is 5.41. The second kappa shape index (κ2) is 7.28. The lowest BCUT2D eigenvalue weighted by Gasteiger charge is -2.26. The smallest absolute Gasteiger partial charge is 0.312 e. The molecule has 1 heterocycles. The first-order chi connectivity index (χ1) is 10.2. The van der Waals surface area contributed by atoms with Crippen LogP contribution in [0.3, 0.4) is 0 Å². The summed E-state index contributed by atoms with van der Waals surface area (Å²) in [7, 11) is 1.51. The van der Waals surface area contributed by atoms with Crippen molar-refractivity contribution in [2.24, 2.45) is 5.73 Å². The maximum atomic E-state index is 11.3. The van der Waals surface area contributed by atoms with E-state index in [1.165, 1.54) is 7.11 Å². The number of benzene rings is 1. The Balaban J connectivity index is 2.27. The molecule has 6 nitrogen and oxygen atoms in total. The molecule has 1 aliphatic heterocycles. The Bertz CT molecular complexity index is 487. The minimum Gasteiger partial charge on any atom is -0.493 e. The molecule has 0 spiro atoms. The van der Waals surface area contributed by atoms with Gasteiger partial charge in [-0.15, -0.1) is 0 Å². The summed E-state index contributed by atoms with van der Waals surface area (Å²) in [4.78, 5) is 11.3. The molecule has 1 fully saturated rings. The number of para-hydroxylation sites is 1. The summed E-state index contributed by atoms with van der Waals surface area (Å²) in [5.74, 6) is -0.732. The van der Waals surface area contributed by atoms with Gasteiger partial charge in [0.05, 0.1) is 13.0 Å². The monoisotopic (exact) mass is 294 g/mol. The average Bonchev–Trinajstić information content (AvgIpc) is 2.49. The van der Waals surface area contributed by atoms with E-state index in [1.54, 1.807) is 18.2 Å². The van der Waals surface area contributed by atoms with Gasteiger partial charge in [-0.25, -0.2) is 0 Å². The van der Waals surface area contributed by atoms with Gasteiger partial charge >= 0.3 is 5.97 Å². The number of hydrogen-bond donors (Lipinski definition) is 3. The van der Waals surface area contributed by atoms with E-state index in [2.05, 4.69) is 5.32 Å². The molecule has 6 heteroatoms. The van der Waals surface area contributed by atoms with E-state index < -0.39 is 11.9 Å². The van der Waals surface area contributed by atoms with Crippen LogP contribution in [0.25, 0.3) is 0 Å². The number of ether oxygens (including phenoxy) is 2. The van der Waals surface area contributed by atoms with Crippen molar-refractivity contribution in [1.29, 1.82) is 0 Å². The lowest BCUT2D eigenvalue weighted by atomic mass is 9.98. The molecule has 0 aliphatic carbocycles. The van der Waals surface area contributed by atoms with Crippen LogP contribution in [0.2, 0.25) is 0 Å². The zero-order chi connectivity index (χ0) is 15.2. The number of carbonyl (C=O) groups is 1. The number of carboxylic acids is 1. The number of piperidine rings is 1. The molecule has 0 amide bonds. The second-order valence-electron chi connectivity index (χ2n) is 5.09. The quantitative estimate of drug-likeness (QED) is 0.723. The van der Waals surface area contributed by atoms with E-state index in [-0.39, 0.29) is 12.6 Å². The van der Waals surface area contributed by atoms with Gasteiger partial charge in [-0.2, -0.15) is 0 Å². The minimum atomic E-state index is -0.965. The van der Waals surface area contributed by atoms with Gasteiger partial charge in [-0.3, -0.25) is 4.79 Å². The predicted octanol–water partition coefficient (Wildman–Crippen LogP) is 0.953. The molecule has 0 aromatic heterocycles. The maximum absolute atomic E-state index is 11.3. The summed E-state index contributed by atoms with van der Waals surface area (Å²) < 4.78 is 11.4. The van der Waals surface area contributed by atoms with Crippen molar-refractivity contribution in [3.63, 3.8) is 0 Å². The van der Waals surface area contributed by atoms with Crippen molar-refractivity contribution in [3.8, 4) is 11.5 Å². The highest BCUT2D eigenvalue weighted by atomic mass is 16.5. The van der Waals surface area contributed by atoms with E-state index in [0.29, 0.717) is 17.1 Å². The fourth-order valence-corrected chi connectivity index (χ4v) is 2.58. The fraction of sp³-hybridized carbons (Fsp3) is 0.533. The Morgan fingerprint density at radius 1 is 1.57 bits per heavy atom. The lowest BCUT2D eigenvalue weighted by molar-refractivity contribution is -0.138. The Hall–Kier alpha value is -1.79. The zero-order valence-corrected chi connectivity index (χ0v) is 12.2. The first-order valence-electron chi connectivity index (χ1n) is 7.14. The van der Waals surface area contributed by atoms with Gasteiger partial charge in [0.1, 0.15) is 6.10 Å². The van der Waals surface area contributed by atoms with Crippen molar-refractivity contribution in [2.75, 3.05) is 26.7 Å². The molecule has 2 atom stereocenters. The predicted molar refractivity (Wildman–Crippen MR) is 78.9 cm³/mol. The van der Waals surface area contributed by atoms with Crippen molar-refractivity contribution < 1.29 is 19.4 Å². The molecule has 2 unspecified atom stereocenters. The van der Waals surface area contributed by atoms with Crippen LogP contribution in [0.15, 0.2) is 18.2 Å². The molecule has 1 aliphatic rings. The van der Waals surface area contributed by atoms with Gasteiger partial charge in [0, 0.05) is 18.7 Å². The Morgan fingerprint density at radius 2 is 2.38 bits per heavy atom. The molecule has 1 aromatic rings. The number of rotatable bonds is 6. The normalized spacial score (nSPS) is 19.8. The van der Waals surface area contributed by atoms with Gasteiger partial charge < -0.3 is 25.6 Å². The van der Waals surface area contributed by atoms with Crippen molar-refractivity contribution in [1.82, 2.24) is 5.32 Å². The number of aliphatic carboxylic acids is 1. The zero-order valence-electron chi connectivity index (χ0n) is 12.2.